The highest BCUT2D eigenvalue weighted by Crippen LogP contribution is 2.21. The predicted octanol–water partition coefficient (Wildman–Crippen LogP) is 2.65. The summed E-state index contributed by atoms with van der Waals surface area (Å²) in [5, 5.41) is 11.1. The lowest BCUT2D eigenvalue weighted by Crippen LogP contribution is -2.23. The maximum Gasteiger partial charge on any atom is 0.328 e. The van der Waals surface area contributed by atoms with Crippen molar-refractivity contribution in [3.05, 3.63) is 36.4 Å². The Morgan fingerprint density at radius 1 is 1.00 bits per heavy atom. The summed E-state index contributed by atoms with van der Waals surface area (Å²) in [6.45, 7) is 2.15. The Hall–Kier alpha value is -2.30. The largest absolute Gasteiger partial charge is 0.478 e. The SMILES string of the molecule is O=C(O)/C=C/C(=O)Nc1ccc(N2CCCCCC2)cc1. The second kappa shape index (κ2) is 7.47. The molecule has 2 N–H and O–H groups in total. The Bertz CT molecular complexity index is 515. The number of hydrogen-bond acceptors (Lipinski definition) is 3. The first-order valence-corrected chi connectivity index (χ1v) is 7.22. The first kappa shape index (κ1) is 15.1. The van der Waals surface area contributed by atoms with E-state index in [1.807, 2.05) is 24.3 Å². The van der Waals surface area contributed by atoms with E-state index >= 15 is 0 Å². The summed E-state index contributed by atoms with van der Waals surface area (Å²) < 4.78 is 0. The van der Waals surface area contributed by atoms with Gasteiger partial charge in [-0.3, -0.25) is 4.79 Å². The molecule has 0 atom stereocenters. The molecule has 1 aliphatic heterocycles. The molecule has 2 rings (SSSR count). The number of hydrogen-bond donors (Lipinski definition) is 2. The van der Waals surface area contributed by atoms with Crippen LogP contribution < -0.4 is 10.2 Å². The normalized spacial score (nSPS) is 15.7. The molecule has 112 valence electrons. The zero-order valence-electron chi connectivity index (χ0n) is 11.9. The van der Waals surface area contributed by atoms with Gasteiger partial charge in [-0.15, -0.1) is 0 Å². The summed E-state index contributed by atoms with van der Waals surface area (Å²) in [7, 11) is 0. The number of carbonyl (C=O) groups excluding carboxylic acids is 1. The van der Waals surface area contributed by atoms with Crippen molar-refractivity contribution in [2.75, 3.05) is 23.3 Å². The van der Waals surface area contributed by atoms with E-state index in [2.05, 4.69) is 10.2 Å². The second-order valence-electron chi connectivity index (χ2n) is 5.11. The lowest BCUT2D eigenvalue weighted by atomic mass is 10.2. The third-order valence-electron chi connectivity index (χ3n) is 3.48. The molecule has 1 heterocycles. The zero-order chi connectivity index (χ0) is 15.1. The molecule has 0 aromatic heterocycles. The lowest BCUT2D eigenvalue weighted by Gasteiger charge is -2.22. The van der Waals surface area contributed by atoms with Crippen LogP contribution in [0.3, 0.4) is 0 Å². The minimum atomic E-state index is -1.14. The molecule has 1 fully saturated rings. The van der Waals surface area contributed by atoms with E-state index in [4.69, 9.17) is 5.11 Å². The van der Waals surface area contributed by atoms with Crippen LogP contribution in [-0.2, 0) is 9.59 Å². The topological polar surface area (TPSA) is 69.6 Å². The van der Waals surface area contributed by atoms with E-state index in [0.717, 1.165) is 30.9 Å². The molecule has 0 aliphatic carbocycles. The van der Waals surface area contributed by atoms with Gasteiger partial charge in [0.2, 0.25) is 5.91 Å². The Balaban J connectivity index is 1.95. The van der Waals surface area contributed by atoms with Crippen molar-refractivity contribution in [1.82, 2.24) is 0 Å². The van der Waals surface area contributed by atoms with Gasteiger partial charge >= 0.3 is 5.97 Å². The molecule has 0 saturated carbocycles. The summed E-state index contributed by atoms with van der Waals surface area (Å²) in [5.41, 5.74) is 1.82. The summed E-state index contributed by atoms with van der Waals surface area (Å²) >= 11 is 0. The smallest absolute Gasteiger partial charge is 0.328 e. The molecule has 5 heteroatoms. The first-order chi connectivity index (χ1) is 10.1. The maximum atomic E-state index is 11.5. The number of rotatable bonds is 4. The van der Waals surface area contributed by atoms with Crippen LogP contribution in [0.2, 0.25) is 0 Å². The number of benzene rings is 1. The molecule has 1 saturated heterocycles. The van der Waals surface area contributed by atoms with Crippen molar-refractivity contribution >= 4 is 23.3 Å². The molecule has 1 amide bonds. The van der Waals surface area contributed by atoms with Gasteiger partial charge in [0.05, 0.1) is 0 Å². The third kappa shape index (κ3) is 4.95. The molecule has 1 aromatic carbocycles. The molecule has 5 nitrogen and oxygen atoms in total. The fourth-order valence-corrected chi connectivity index (χ4v) is 2.42. The predicted molar refractivity (Wildman–Crippen MR) is 82.5 cm³/mol. The van der Waals surface area contributed by atoms with Crippen molar-refractivity contribution in [3.63, 3.8) is 0 Å². The highest BCUT2D eigenvalue weighted by atomic mass is 16.4. The zero-order valence-corrected chi connectivity index (χ0v) is 11.9. The quantitative estimate of drug-likeness (QED) is 0.836. The van der Waals surface area contributed by atoms with Crippen molar-refractivity contribution in [1.29, 1.82) is 0 Å². The van der Waals surface area contributed by atoms with E-state index < -0.39 is 11.9 Å². The van der Waals surface area contributed by atoms with E-state index in [-0.39, 0.29) is 0 Å². The van der Waals surface area contributed by atoms with Crippen molar-refractivity contribution in [3.8, 4) is 0 Å². The van der Waals surface area contributed by atoms with Gasteiger partial charge in [-0.2, -0.15) is 0 Å². The number of anilines is 2. The average molecular weight is 288 g/mol. The average Bonchev–Trinajstić information content (AvgIpc) is 2.75. The molecule has 0 radical (unpaired) electrons. The number of carboxylic acid groups (broad SMARTS) is 1. The van der Waals surface area contributed by atoms with E-state index in [1.54, 1.807) is 0 Å². The Morgan fingerprint density at radius 3 is 2.19 bits per heavy atom. The van der Waals surface area contributed by atoms with Gasteiger partial charge in [0.15, 0.2) is 0 Å². The van der Waals surface area contributed by atoms with Gasteiger partial charge < -0.3 is 15.3 Å². The Labute approximate surface area is 124 Å². The van der Waals surface area contributed by atoms with Crippen LogP contribution in [0.5, 0.6) is 0 Å². The lowest BCUT2D eigenvalue weighted by molar-refractivity contribution is -0.131. The molecule has 1 aliphatic rings. The molecule has 21 heavy (non-hydrogen) atoms. The molecular weight excluding hydrogens is 268 g/mol. The molecule has 0 spiro atoms. The van der Waals surface area contributed by atoms with Crippen LogP contribution in [0.1, 0.15) is 25.7 Å². The standard InChI is InChI=1S/C16H20N2O3/c19-15(9-10-16(20)21)17-13-5-7-14(8-6-13)18-11-3-1-2-4-12-18/h5-10H,1-4,11-12H2,(H,17,19)(H,20,21)/b10-9+. The number of carbonyl (C=O) groups is 2. The number of nitrogens with zero attached hydrogens (tertiary/aromatic N) is 1. The van der Waals surface area contributed by atoms with Crippen LogP contribution in [0.25, 0.3) is 0 Å². The number of nitrogens with one attached hydrogen (secondary N) is 1. The van der Waals surface area contributed by atoms with Crippen LogP contribution in [-0.4, -0.2) is 30.1 Å². The second-order valence-corrected chi connectivity index (χ2v) is 5.11. The monoisotopic (exact) mass is 288 g/mol. The van der Waals surface area contributed by atoms with E-state index in [9.17, 15) is 9.59 Å². The van der Waals surface area contributed by atoms with Crippen LogP contribution in [0.15, 0.2) is 36.4 Å². The van der Waals surface area contributed by atoms with Crippen LogP contribution in [0.4, 0.5) is 11.4 Å². The minimum Gasteiger partial charge on any atom is -0.478 e. The van der Waals surface area contributed by atoms with Crippen molar-refractivity contribution < 1.29 is 14.7 Å². The summed E-state index contributed by atoms with van der Waals surface area (Å²) in [5.74, 6) is -1.58. The van der Waals surface area contributed by atoms with E-state index in [1.165, 1.54) is 25.7 Å². The van der Waals surface area contributed by atoms with Gasteiger partial charge in [-0.05, 0) is 37.1 Å². The number of aliphatic carboxylic acids is 1. The highest BCUT2D eigenvalue weighted by molar-refractivity contribution is 6.02. The fourth-order valence-electron chi connectivity index (χ4n) is 2.42. The van der Waals surface area contributed by atoms with Crippen LogP contribution in [0, 0.1) is 0 Å². The first-order valence-electron chi connectivity index (χ1n) is 7.22. The fraction of sp³-hybridized carbons (Fsp3) is 0.375. The Kier molecular flexibility index (Phi) is 5.37. The van der Waals surface area contributed by atoms with Gasteiger partial charge in [0.25, 0.3) is 0 Å². The summed E-state index contributed by atoms with van der Waals surface area (Å²) in [6, 6.07) is 7.66. The summed E-state index contributed by atoms with van der Waals surface area (Å²) in [6.07, 6.45) is 6.85. The number of carboxylic acids is 1. The molecule has 1 aromatic rings. The highest BCUT2D eigenvalue weighted by Gasteiger charge is 2.09. The summed E-state index contributed by atoms with van der Waals surface area (Å²) in [4.78, 5) is 24.2. The molecular formula is C16H20N2O3. The van der Waals surface area contributed by atoms with Gasteiger partial charge in [0.1, 0.15) is 0 Å². The molecule has 0 bridgehead atoms. The number of amides is 1. The third-order valence-corrected chi connectivity index (χ3v) is 3.48. The van der Waals surface area contributed by atoms with Crippen LogP contribution >= 0.6 is 0 Å². The van der Waals surface area contributed by atoms with Gasteiger partial charge in [0, 0.05) is 36.6 Å². The molecule has 0 unspecified atom stereocenters. The Morgan fingerprint density at radius 2 is 1.62 bits per heavy atom. The maximum absolute atomic E-state index is 11.5. The van der Waals surface area contributed by atoms with E-state index in [0.29, 0.717) is 5.69 Å². The van der Waals surface area contributed by atoms with Crippen molar-refractivity contribution in [2.45, 2.75) is 25.7 Å². The van der Waals surface area contributed by atoms with Crippen molar-refractivity contribution in [2.24, 2.45) is 0 Å². The minimum absolute atomic E-state index is 0.445. The van der Waals surface area contributed by atoms with Gasteiger partial charge in [-0.25, -0.2) is 4.79 Å². The van der Waals surface area contributed by atoms with Gasteiger partial charge in [-0.1, -0.05) is 12.8 Å².